The number of amides is 2. The van der Waals surface area contributed by atoms with E-state index in [0.29, 0.717) is 0 Å². The minimum absolute atomic E-state index is 0. The molecule has 0 saturated heterocycles. The van der Waals surface area contributed by atoms with Crippen LogP contribution in [0.5, 0.6) is 5.75 Å². The Balaban J connectivity index is 0.00000312. The summed E-state index contributed by atoms with van der Waals surface area (Å²) in [5.74, 6) is 0.859. The van der Waals surface area contributed by atoms with E-state index in [9.17, 15) is 4.79 Å². The molecule has 0 aromatic heterocycles. The fourth-order valence-corrected chi connectivity index (χ4v) is 2.69. The molecule has 2 aromatic carbocycles. The van der Waals surface area contributed by atoms with Gasteiger partial charge in [-0.15, -0.1) is 0 Å². The van der Waals surface area contributed by atoms with Crippen molar-refractivity contribution in [3.8, 4) is 5.75 Å². The minimum Gasteiger partial charge on any atom is -0.497 e. The second-order valence-corrected chi connectivity index (χ2v) is 6.26. The van der Waals surface area contributed by atoms with Crippen LogP contribution in [-0.2, 0) is 6.42 Å². The highest BCUT2D eigenvalue weighted by Crippen LogP contribution is 2.15. The molecule has 2 rings (SSSR count). The number of ether oxygens (including phenoxy) is 1. The highest BCUT2D eigenvalue weighted by Gasteiger charge is 2.08. The first-order valence-corrected chi connectivity index (χ1v) is 8.25. The lowest BCUT2D eigenvalue weighted by Gasteiger charge is -2.15. The molecule has 0 heterocycles. The van der Waals surface area contributed by atoms with Crippen molar-refractivity contribution in [3.05, 3.63) is 59.2 Å². The maximum atomic E-state index is 12.1. The number of carbonyl (C=O) groups excluding carboxylic acids is 1. The van der Waals surface area contributed by atoms with Crippen molar-refractivity contribution in [3.63, 3.8) is 0 Å². The van der Waals surface area contributed by atoms with Crippen LogP contribution in [0.3, 0.4) is 0 Å². The fraction of sp³-hybridized carbons (Fsp3) is 0.350. The first-order chi connectivity index (χ1) is 11.5. The standard InChI is InChI=1S/C20H26N2O2.2H2/c1-14-11-15(2)13-18(12-14)22-20(23)21-16(3)5-6-17-7-9-19(24-4)10-8-17;;/h7-13,16H,5-6H2,1-4H3,(H2,21,22,23);2*1H. The van der Waals surface area contributed by atoms with Gasteiger partial charge in [0, 0.05) is 14.6 Å². The van der Waals surface area contributed by atoms with Crippen LogP contribution in [0, 0.1) is 13.8 Å². The molecule has 2 N–H and O–H groups in total. The molecule has 0 aliphatic carbocycles. The maximum absolute atomic E-state index is 12.1. The van der Waals surface area contributed by atoms with Gasteiger partial charge in [0.15, 0.2) is 0 Å². The van der Waals surface area contributed by atoms with E-state index in [-0.39, 0.29) is 14.9 Å². The van der Waals surface area contributed by atoms with Gasteiger partial charge in [0.25, 0.3) is 0 Å². The quantitative estimate of drug-likeness (QED) is 0.787. The van der Waals surface area contributed by atoms with Gasteiger partial charge in [0.05, 0.1) is 7.11 Å². The molecule has 4 heteroatoms. The molecule has 0 radical (unpaired) electrons. The SMILES string of the molecule is COc1ccc(CCC(C)NC(=O)Nc2cc(C)cc(C)c2)cc1.[HH].[HH]. The largest absolute Gasteiger partial charge is 0.497 e. The molecular weight excluding hydrogens is 300 g/mol. The predicted octanol–water partition coefficient (Wildman–Crippen LogP) is 4.95. The molecule has 2 amide bonds. The van der Waals surface area contributed by atoms with Gasteiger partial charge in [-0.1, -0.05) is 18.2 Å². The van der Waals surface area contributed by atoms with Crippen molar-refractivity contribution in [1.82, 2.24) is 5.32 Å². The van der Waals surface area contributed by atoms with Gasteiger partial charge in [0.1, 0.15) is 5.75 Å². The molecule has 4 nitrogen and oxygen atoms in total. The molecule has 24 heavy (non-hydrogen) atoms. The van der Waals surface area contributed by atoms with E-state index in [2.05, 4.69) is 28.8 Å². The number of nitrogens with one attached hydrogen (secondary N) is 2. The van der Waals surface area contributed by atoms with Crippen molar-refractivity contribution in [2.45, 2.75) is 39.7 Å². The van der Waals surface area contributed by atoms with Crippen LogP contribution < -0.4 is 15.4 Å². The van der Waals surface area contributed by atoms with Crippen molar-refractivity contribution < 1.29 is 12.4 Å². The lowest BCUT2D eigenvalue weighted by atomic mass is 10.1. The molecule has 0 aliphatic heterocycles. The molecule has 1 atom stereocenters. The topological polar surface area (TPSA) is 50.4 Å². The Morgan fingerprint density at radius 2 is 1.75 bits per heavy atom. The molecule has 1 unspecified atom stereocenters. The number of hydrogen-bond acceptors (Lipinski definition) is 2. The van der Waals surface area contributed by atoms with Crippen LogP contribution in [0.15, 0.2) is 42.5 Å². The number of anilines is 1. The van der Waals surface area contributed by atoms with Crippen molar-refractivity contribution in [1.29, 1.82) is 0 Å². The summed E-state index contributed by atoms with van der Waals surface area (Å²) in [5.41, 5.74) is 4.34. The predicted molar refractivity (Wildman–Crippen MR) is 103 cm³/mol. The number of aryl methyl sites for hydroxylation is 3. The number of methoxy groups -OCH3 is 1. The number of urea groups is 1. The van der Waals surface area contributed by atoms with Crippen LogP contribution in [0.2, 0.25) is 0 Å². The highest BCUT2D eigenvalue weighted by molar-refractivity contribution is 5.89. The summed E-state index contributed by atoms with van der Waals surface area (Å²) in [6.07, 6.45) is 1.79. The molecule has 0 aliphatic rings. The fourth-order valence-electron chi connectivity index (χ4n) is 2.69. The van der Waals surface area contributed by atoms with E-state index < -0.39 is 0 Å². The van der Waals surface area contributed by atoms with E-state index >= 15 is 0 Å². The summed E-state index contributed by atoms with van der Waals surface area (Å²) in [6.45, 7) is 6.06. The van der Waals surface area contributed by atoms with Crippen LogP contribution in [-0.4, -0.2) is 19.2 Å². The second-order valence-electron chi connectivity index (χ2n) is 6.26. The first-order valence-electron chi connectivity index (χ1n) is 8.25. The van der Waals surface area contributed by atoms with Gasteiger partial charge < -0.3 is 15.4 Å². The molecule has 0 bridgehead atoms. The van der Waals surface area contributed by atoms with Crippen LogP contribution in [0.1, 0.15) is 32.9 Å². The average molecular weight is 330 g/mol. The van der Waals surface area contributed by atoms with E-state index in [0.717, 1.165) is 35.4 Å². The lowest BCUT2D eigenvalue weighted by molar-refractivity contribution is 0.248. The number of carbonyl (C=O) groups is 1. The summed E-state index contributed by atoms with van der Waals surface area (Å²) in [4.78, 5) is 12.1. The third kappa shape index (κ3) is 5.61. The van der Waals surface area contributed by atoms with Crippen LogP contribution in [0.25, 0.3) is 0 Å². The Labute approximate surface area is 147 Å². The maximum Gasteiger partial charge on any atom is 0.319 e. The smallest absolute Gasteiger partial charge is 0.319 e. The van der Waals surface area contributed by atoms with Gasteiger partial charge in [-0.05, 0) is 74.6 Å². The summed E-state index contributed by atoms with van der Waals surface area (Å²) in [6, 6.07) is 14.0. The second kappa shape index (κ2) is 8.39. The summed E-state index contributed by atoms with van der Waals surface area (Å²) >= 11 is 0. The van der Waals surface area contributed by atoms with Gasteiger partial charge in [-0.25, -0.2) is 4.79 Å². The van der Waals surface area contributed by atoms with Gasteiger partial charge in [-0.3, -0.25) is 0 Å². The Morgan fingerprint density at radius 1 is 1.12 bits per heavy atom. The Bertz CT molecular complexity index is 670. The Morgan fingerprint density at radius 3 is 2.33 bits per heavy atom. The first kappa shape index (κ1) is 17.9. The van der Waals surface area contributed by atoms with E-state index in [1.165, 1.54) is 5.56 Å². The molecule has 0 spiro atoms. The summed E-state index contributed by atoms with van der Waals surface area (Å²) in [7, 11) is 1.66. The Hall–Kier alpha value is -2.49. The third-order valence-corrected chi connectivity index (χ3v) is 3.88. The molecule has 2 aromatic rings. The normalized spacial score (nSPS) is 11.7. The zero-order valence-electron chi connectivity index (χ0n) is 14.8. The molecule has 0 saturated carbocycles. The summed E-state index contributed by atoms with van der Waals surface area (Å²) < 4.78 is 5.16. The van der Waals surface area contributed by atoms with Crippen molar-refractivity contribution in [2.75, 3.05) is 12.4 Å². The van der Waals surface area contributed by atoms with Crippen LogP contribution in [0.4, 0.5) is 10.5 Å². The van der Waals surface area contributed by atoms with E-state index in [1.54, 1.807) is 7.11 Å². The number of rotatable bonds is 6. The van der Waals surface area contributed by atoms with Gasteiger partial charge >= 0.3 is 6.03 Å². The third-order valence-electron chi connectivity index (χ3n) is 3.88. The highest BCUT2D eigenvalue weighted by atomic mass is 16.5. The molecular formula is C20H30N2O2. The lowest BCUT2D eigenvalue weighted by Crippen LogP contribution is -2.36. The van der Waals surface area contributed by atoms with Crippen molar-refractivity contribution >= 4 is 11.7 Å². The molecule has 0 fully saturated rings. The van der Waals surface area contributed by atoms with Crippen LogP contribution >= 0.6 is 0 Å². The summed E-state index contributed by atoms with van der Waals surface area (Å²) in [5, 5.41) is 5.89. The van der Waals surface area contributed by atoms with Crippen molar-refractivity contribution in [2.24, 2.45) is 0 Å². The number of hydrogen-bond donors (Lipinski definition) is 2. The van der Waals surface area contributed by atoms with Gasteiger partial charge in [0.2, 0.25) is 0 Å². The minimum atomic E-state index is -0.165. The van der Waals surface area contributed by atoms with Gasteiger partial charge in [-0.2, -0.15) is 0 Å². The monoisotopic (exact) mass is 330 g/mol. The zero-order chi connectivity index (χ0) is 17.5. The Kier molecular flexibility index (Phi) is 6.24. The molecule has 132 valence electrons. The van der Waals surface area contributed by atoms with E-state index in [4.69, 9.17) is 4.74 Å². The zero-order valence-corrected chi connectivity index (χ0v) is 14.8. The average Bonchev–Trinajstić information content (AvgIpc) is 2.52. The van der Waals surface area contributed by atoms with E-state index in [1.807, 2.05) is 45.0 Å². The number of benzene rings is 2.